The van der Waals surface area contributed by atoms with Gasteiger partial charge in [-0.2, -0.15) is 18.2 Å². The van der Waals surface area contributed by atoms with Crippen LogP contribution >= 0.6 is 0 Å². The lowest BCUT2D eigenvalue weighted by Gasteiger charge is -2.16. The normalized spacial score (nSPS) is 14.3. The van der Waals surface area contributed by atoms with Crippen LogP contribution in [0.25, 0.3) is 10.8 Å². The fourth-order valence-electron chi connectivity index (χ4n) is 5.64. The number of pyridine rings is 1. The number of carbonyl (C=O) groups is 1. The van der Waals surface area contributed by atoms with Gasteiger partial charge in [0.2, 0.25) is 5.89 Å². The van der Waals surface area contributed by atoms with Crippen LogP contribution in [0, 0.1) is 12.8 Å². The van der Waals surface area contributed by atoms with E-state index >= 15 is 0 Å². The highest BCUT2D eigenvalue weighted by molar-refractivity contribution is 5.96. The van der Waals surface area contributed by atoms with Crippen LogP contribution in [-0.2, 0) is 12.6 Å². The van der Waals surface area contributed by atoms with Crippen molar-refractivity contribution in [3.63, 3.8) is 0 Å². The van der Waals surface area contributed by atoms with Gasteiger partial charge in [0.25, 0.3) is 5.91 Å². The summed E-state index contributed by atoms with van der Waals surface area (Å²) in [4.78, 5) is 22.1. The minimum absolute atomic E-state index is 0.159. The van der Waals surface area contributed by atoms with Crippen LogP contribution in [0.3, 0.4) is 0 Å². The average molecular weight is 631 g/mol. The van der Waals surface area contributed by atoms with Crippen LogP contribution in [0.1, 0.15) is 71.5 Å². The molecule has 0 saturated heterocycles. The molecule has 0 aliphatic heterocycles. The molecule has 0 radical (unpaired) electrons. The second-order valence-corrected chi connectivity index (χ2v) is 11.5. The van der Waals surface area contributed by atoms with Gasteiger partial charge >= 0.3 is 6.18 Å². The van der Waals surface area contributed by atoms with Crippen molar-refractivity contribution in [2.75, 3.05) is 6.61 Å². The molecule has 1 saturated carbocycles. The maximum atomic E-state index is 13.4. The Bertz CT molecular complexity index is 1780. The van der Waals surface area contributed by atoms with E-state index in [9.17, 15) is 18.0 Å². The van der Waals surface area contributed by atoms with E-state index in [1.807, 2.05) is 24.3 Å². The minimum atomic E-state index is -4.43. The molecule has 6 rings (SSSR count). The second kappa shape index (κ2) is 13.6. The third-order valence-electron chi connectivity index (χ3n) is 8.12. The van der Waals surface area contributed by atoms with Crippen molar-refractivity contribution < 1.29 is 32.0 Å². The summed E-state index contributed by atoms with van der Waals surface area (Å²) in [5, 5.41) is 8.30. The number of nitrogens with zero attached hydrogens (tertiary/aromatic N) is 3. The molecule has 11 heteroatoms. The van der Waals surface area contributed by atoms with Crippen molar-refractivity contribution in [3.05, 3.63) is 108 Å². The fraction of sp³-hybridized carbons (Fsp3) is 0.314. The highest BCUT2D eigenvalue weighted by Crippen LogP contribution is 2.32. The van der Waals surface area contributed by atoms with Crippen molar-refractivity contribution >= 4 is 16.7 Å². The lowest BCUT2D eigenvalue weighted by atomic mass is 10.0. The first-order valence-corrected chi connectivity index (χ1v) is 15.3. The van der Waals surface area contributed by atoms with E-state index < -0.39 is 23.7 Å². The molecule has 1 aliphatic carbocycles. The molecule has 1 aliphatic rings. The number of aromatic nitrogens is 3. The molecule has 1 fully saturated rings. The van der Waals surface area contributed by atoms with Crippen LogP contribution < -0.4 is 14.8 Å². The highest BCUT2D eigenvalue weighted by Gasteiger charge is 2.30. The van der Waals surface area contributed by atoms with Gasteiger partial charge in [-0.05, 0) is 90.9 Å². The summed E-state index contributed by atoms with van der Waals surface area (Å²) in [5.74, 6) is 2.50. The Balaban J connectivity index is 1.13. The molecular formula is C35H33F3N4O4. The lowest BCUT2D eigenvalue weighted by Crippen LogP contribution is -2.31. The van der Waals surface area contributed by atoms with Crippen molar-refractivity contribution in [1.29, 1.82) is 0 Å². The lowest BCUT2D eigenvalue weighted by molar-refractivity contribution is -0.137. The third kappa shape index (κ3) is 7.82. The first-order valence-electron chi connectivity index (χ1n) is 15.3. The molecule has 0 unspecified atom stereocenters. The van der Waals surface area contributed by atoms with Gasteiger partial charge in [0.1, 0.15) is 29.0 Å². The Labute approximate surface area is 263 Å². The summed E-state index contributed by atoms with van der Waals surface area (Å²) >= 11 is 0. The molecule has 0 spiro atoms. The molecule has 46 heavy (non-hydrogen) atoms. The van der Waals surface area contributed by atoms with Gasteiger partial charge in [-0.25, -0.2) is 0 Å². The third-order valence-corrected chi connectivity index (χ3v) is 8.12. The standard InChI is InChI=1S/C35H33F3N4O4/c1-22-40-34(46-42-22)32(18-24-6-11-28(12-7-24)44-17-16-23-4-2-3-5-23)41-33(43)31-20-26-19-30(13-8-25(26)21-39-31)45-29-14-9-27(10-15-29)35(36,37)38/h6-15,19-21,23,32H,2-5,16-18H2,1H3,(H,41,43)/t32-/m0/s1. The molecule has 8 nitrogen and oxygen atoms in total. The Morgan fingerprint density at radius 3 is 2.37 bits per heavy atom. The molecule has 1 amide bonds. The van der Waals surface area contributed by atoms with Crippen molar-refractivity contribution in [1.82, 2.24) is 20.4 Å². The first kappa shape index (κ1) is 31.1. The van der Waals surface area contributed by atoms with Crippen molar-refractivity contribution in [2.24, 2.45) is 5.92 Å². The Morgan fingerprint density at radius 2 is 1.67 bits per heavy atom. The summed E-state index contributed by atoms with van der Waals surface area (Å²) in [6, 6.07) is 18.4. The summed E-state index contributed by atoms with van der Waals surface area (Å²) in [6.45, 7) is 2.41. The number of hydrogen-bond acceptors (Lipinski definition) is 7. The number of ether oxygens (including phenoxy) is 2. The molecule has 2 heterocycles. The largest absolute Gasteiger partial charge is 0.494 e. The van der Waals surface area contributed by atoms with E-state index in [1.165, 1.54) is 37.8 Å². The predicted molar refractivity (Wildman–Crippen MR) is 165 cm³/mol. The number of aryl methyl sites for hydroxylation is 1. The number of nitrogens with one attached hydrogen (secondary N) is 1. The summed E-state index contributed by atoms with van der Waals surface area (Å²) in [7, 11) is 0. The number of rotatable bonds is 11. The van der Waals surface area contributed by atoms with E-state index in [1.54, 1.807) is 37.4 Å². The molecule has 1 N–H and O–H groups in total. The zero-order chi connectivity index (χ0) is 32.1. The number of amides is 1. The molecule has 2 aromatic heterocycles. The second-order valence-electron chi connectivity index (χ2n) is 11.5. The predicted octanol–water partition coefficient (Wildman–Crippen LogP) is 8.41. The van der Waals surface area contributed by atoms with Gasteiger partial charge in [0.15, 0.2) is 5.82 Å². The topological polar surface area (TPSA) is 99.4 Å². The van der Waals surface area contributed by atoms with Crippen molar-refractivity contribution in [3.8, 4) is 17.2 Å². The molecular weight excluding hydrogens is 597 g/mol. The van der Waals surface area contributed by atoms with Gasteiger partial charge in [-0.1, -0.05) is 43.0 Å². The summed E-state index contributed by atoms with van der Waals surface area (Å²) in [5.41, 5.74) is 0.345. The molecule has 3 aromatic carbocycles. The van der Waals surface area contributed by atoms with Gasteiger partial charge in [0, 0.05) is 18.0 Å². The van der Waals surface area contributed by atoms with Gasteiger partial charge in [-0.15, -0.1) is 0 Å². The Morgan fingerprint density at radius 1 is 0.957 bits per heavy atom. The molecule has 1 atom stereocenters. The smallest absolute Gasteiger partial charge is 0.416 e. The van der Waals surface area contributed by atoms with Gasteiger partial charge in [-0.3, -0.25) is 9.78 Å². The Hall–Kier alpha value is -4.93. The van der Waals surface area contributed by atoms with Crippen LogP contribution in [0.2, 0.25) is 0 Å². The van der Waals surface area contributed by atoms with E-state index in [0.717, 1.165) is 41.2 Å². The quantitative estimate of drug-likeness (QED) is 0.156. The zero-order valence-electron chi connectivity index (χ0n) is 25.2. The van der Waals surface area contributed by atoms with Crippen LogP contribution in [0.5, 0.6) is 17.2 Å². The zero-order valence-corrected chi connectivity index (χ0v) is 25.2. The first-order chi connectivity index (χ1) is 22.2. The maximum Gasteiger partial charge on any atom is 0.416 e. The van der Waals surface area contributed by atoms with Crippen LogP contribution in [-0.4, -0.2) is 27.6 Å². The maximum absolute atomic E-state index is 13.4. The highest BCUT2D eigenvalue weighted by atomic mass is 19.4. The fourth-order valence-corrected chi connectivity index (χ4v) is 5.64. The molecule has 238 valence electrons. The van der Waals surface area contributed by atoms with Crippen LogP contribution in [0.4, 0.5) is 13.2 Å². The van der Waals surface area contributed by atoms with Crippen LogP contribution in [0.15, 0.2) is 83.5 Å². The monoisotopic (exact) mass is 630 g/mol. The summed E-state index contributed by atoms with van der Waals surface area (Å²) < 4.78 is 55.9. The van der Waals surface area contributed by atoms with Gasteiger partial charge < -0.3 is 19.3 Å². The van der Waals surface area contributed by atoms with E-state index in [2.05, 4.69) is 20.4 Å². The van der Waals surface area contributed by atoms with Crippen molar-refractivity contribution in [2.45, 2.75) is 57.7 Å². The van der Waals surface area contributed by atoms with E-state index in [4.69, 9.17) is 14.0 Å². The number of fused-ring (bicyclic) bond motifs is 1. The molecule has 0 bridgehead atoms. The minimum Gasteiger partial charge on any atom is -0.494 e. The Kier molecular flexibility index (Phi) is 9.18. The summed E-state index contributed by atoms with van der Waals surface area (Å²) in [6.07, 6.45) is 3.83. The van der Waals surface area contributed by atoms with E-state index in [0.29, 0.717) is 30.0 Å². The van der Waals surface area contributed by atoms with E-state index in [-0.39, 0.29) is 17.3 Å². The SMILES string of the molecule is Cc1noc([C@H](Cc2ccc(OCCC3CCCC3)cc2)NC(=O)c2cc3cc(Oc4ccc(C(F)(F)F)cc4)ccc3cn2)n1. The number of benzene rings is 3. The van der Waals surface area contributed by atoms with Gasteiger partial charge in [0.05, 0.1) is 12.2 Å². The average Bonchev–Trinajstić information content (AvgIpc) is 3.73. The number of halogens is 3. The molecule has 5 aromatic rings. The number of alkyl halides is 3. The number of hydrogen-bond donors (Lipinski definition) is 1. The number of carbonyl (C=O) groups excluding carboxylic acids is 1.